The highest BCUT2D eigenvalue weighted by Crippen LogP contribution is 2.54. The molecule has 2 fully saturated rings. The number of hydrogen-bond acceptors (Lipinski definition) is 1. The molecule has 1 saturated carbocycles. The standard InChI is InChI=1S/C11H11BrClN/c12-9-5-8(13)1-2-10(9)14-6-11(7-14)3-4-11/h1-2,5H,3-4,6-7H2. The molecule has 1 aliphatic heterocycles. The van der Waals surface area contributed by atoms with E-state index < -0.39 is 0 Å². The highest BCUT2D eigenvalue weighted by Gasteiger charge is 2.52. The minimum atomic E-state index is 0.707. The predicted octanol–water partition coefficient (Wildman–Crippen LogP) is 3.70. The molecular weight excluding hydrogens is 261 g/mol. The largest absolute Gasteiger partial charge is 0.369 e. The Labute approximate surface area is 97.2 Å². The number of rotatable bonds is 1. The molecule has 0 amide bonds. The van der Waals surface area contributed by atoms with Gasteiger partial charge in [0.1, 0.15) is 0 Å². The van der Waals surface area contributed by atoms with Gasteiger partial charge in [0.2, 0.25) is 0 Å². The van der Waals surface area contributed by atoms with Crippen LogP contribution in [0.25, 0.3) is 0 Å². The second-order valence-electron chi connectivity index (χ2n) is 4.45. The van der Waals surface area contributed by atoms with Gasteiger partial charge >= 0.3 is 0 Å². The molecule has 0 atom stereocenters. The highest BCUT2D eigenvalue weighted by molar-refractivity contribution is 9.10. The first-order valence-corrected chi connectivity index (χ1v) is 6.06. The summed E-state index contributed by atoms with van der Waals surface area (Å²) in [4.78, 5) is 2.42. The van der Waals surface area contributed by atoms with Crippen molar-refractivity contribution in [2.45, 2.75) is 12.8 Å². The summed E-state index contributed by atoms with van der Waals surface area (Å²) < 4.78 is 1.11. The van der Waals surface area contributed by atoms with Crippen LogP contribution < -0.4 is 4.90 Å². The van der Waals surface area contributed by atoms with E-state index in [9.17, 15) is 0 Å². The second kappa shape index (κ2) is 2.89. The van der Waals surface area contributed by atoms with Crippen molar-refractivity contribution in [2.75, 3.05) is 18.0 Å². The van der Waals surface area contributed by atoms with E-state index in [0.29, 0.717) is 5.41 Å². The summed E-state index contributed by atoms with van der Waals surface area (Å²) in [6, 6.07) is 6.02. The van der Waals surface area contributed by atoms with E-state index in [4.69, 9.17) is 11.6 Å². The van der Waals surface area contributed by atoms with Gasteiger partial charge in [0.15, 0.2) is 0 Å². The zero-order valence-corrected chi connectivity index (χ0v) is 10.1. The molecule has 0 bridgehead atoms. The van der Waals surface area contributed by atoms with Crippen LogP contribution in [-0.2, 0) is 0 Å². The van der Waals surface area contributed by atoms with Crippen LogP contribution in [0.3, 0.4) is 0 Å². The first-order chi connectivity index (χ1) is 6.69. The predicted molar refractivity (Wildman–Crippen MR) is 63.0 cm³/mol. The minimum Gasteiger partial charge on any atom is -0.369 e. The Hall–Kier alpha value is -0.210. The number of nitrogens with zero attached hydrogens (tertiary/aromatic N) is 1. The van der Waals surface area contributed by atoms with E-state index >= 15 is 0 Å². The fourth-order valence-electron chi connectivity index (χ4n) is 2.16. The number of halogens is 2. The molecule has 0 unspecified atom stereocenters. The zero-order valence-electron chi connectivity index (χ0n) is 7.76. The molecule has 1 heterocycles. The Balaban J connectivity index is 1.83. The molecule has 3 rings (SSSR count). The average molecular weight is 273 g/mol. The van der Waals surface area contributed by atoms with Gasteiger partial charge in [0.05, 0.1) is 5.69 Å². The first-order valence-electron chi connectivity index (χ1n) is 4.89. The molecule has 0 aromatic heterocycles. The monoisotopic (exact) mass is 271 g/mol. The van der Waals surface area contributed by atoms with Crippen LogP contribution in [0.2, 0.25) is 5.02 Å². The molecule has 1 aromatic carbocycles. The van der Waals surface area contributed by atoms with Crippen molar-refractivity contribution in [2.24, 2.45) is 5.41 Å². The van der Waals surface area contributed by atoms with E-state index in [1.54, 1.807) is 0 Å². The third-order valence-electron chi connectivity index (χ3n) is 3.26. The van der Waals surface area contributed by atoms with Gasteiger partial charge in [0.25, 0.3) is 0 Å². The normalized spacial score (nSPS) is 22.3. The third kappa shape index (κ3) is 1.36. The summed E-state index contributed by atoms with van der Waals surface area (Å²) in [6.07, 6.45) is 2.85. The van der Waals surface area contributed by atoms with Gasteiger partial charge < -0.3 is 4.90 Å². The van der Waals surface area contributed by atoms with E-state index in [1.807, 2.05) is 12.1 Å². The summed E-state index contributed by atoms with van der Waals surface area (Å²) in [7, 11) is 0. The topological polar surface area (TPSA) is 3.24 Å². The van der Waals surface area contributed by atoms with E-state index in [-0.39, 0.29) is 0 Å². The van der Waals surface area contributed by atoms with Crippen molar-refractivity contribution in [1.29, 1.82) is 0 Å². The lowest BCUT2D eigenvalue weighted by Gasteiger charge is -2.42. The summed E-state index contributed by atoms with van der Waals surface area (Å²) in [5, 5.41) is 0.794. The van der Waals surface area contributed by atoms with Crippen molar-refractivity contribution >= 4 is 33.2 Å². The van der Waals surface area contributed by atoms with E-state index in [1.165, 1.54) is 31.6 Å². The van der Waals surface area contributed by atoms with Crippen LogP contribution in [0.5, 0.6) is 0 Å². The second-order valence-corrected chi connectivity index (χ2v) is 5.74. The molecule has 1 nitrogen and oxygen atoms in total. The van der Waals surface area contributed by atoms with Crippen molar-refractivity contribution in [1.82, 2.24) is 0 Å². The molecule has 1 spiro atoms. The number of anilines is 1. The fourth-order valence-corrected chi connectivity index (χ4v) is 3.10. The minimum absolute atomic E-state index is 0.707. The summed E-state index contributed by atoms with van der Waals surface area (Å²) >= 11 is 9.46. The van der Waals surface area contributed by atoms with Crippen molar-refractivity contribution in [3.8, 4) is 0 Å². The van der Waals surface area contributed by atoms with Crippen molar-refractivity contribution in [3.63, 3.8) is 0 Å². The maximum absolute atomic E-state index is 5.90. The van der Waals surface area contributed by atoms with Crippen LogP contribution in [0.15, 0.2) is 22.7 Å². The Morgan fingerprint density at radius 2 is 2.00 bits per heavy atom. The Kier molecular flexibility index (Phi) is 1.87. The van der Waals surface area contributed by atoms with E-state index in [2.05, 4.69) is 26.9 Å². The zero-order chi connectivity index (χ0) is 9.76. The Bertz CT molecular complexity index is 379. The van der Waals surface area contributed by atoms with Gasteiger partial charge in [-0.25, -0.2) is 0 Å². The number of benzene rings is 1. The quantitative estimate of drug-likeness (QED) is 0.753. The average Bonchev–Trinajstić information content (AvgIpc) is 2.81. The number of hydrogen-bond donors (Lipinski definition) is 0. The van der Waals surface area contributed by atoms with Gasteiger partial charge in [-0.15, -0.1) is 0 Å². The molecular formula is C11H11BrClN. The van der Waals surface area contributed by atoms with Crippen molar-refractivity contribution in [3.05, 3.63) is 27.7 Å². The lowest BCUT2D eigenvalue weighted by molar-refractivity contribution is 0.387. The molecule has 1 saturated heterocycles. The molecule has 14 heavy (non-hydrogen) atoms. The van der Waals surface area contributed by atoms with Gasteiger partial charge in [0, 0.05) is 28.0 Å². The molecule has 0 N–H and O–H groups in total. The molecule has 1 aliphatic carbocycles. The van der Waals surface area contributed by atoms with Gasteiger partial charge in [-0.05, 0) is 47.0 Å². The molecule has 3 heteroatoms. The molecule has 2 aliphatic rings. The van der Waals surface area contributed by atoms with Crippen LogP contribution in [0.4, 0.5) is 5.69 Å². The van der Waals surface area contributed by atoms with Crippen molar-refractivity contribution < 1.29 is 0 Å². The molecule has 74 valence electrons. The Morgan fingerprint density at radius 3 is 2.57 bits per heavy atom. The third-order valence-corrected chi connectivity index (χ3v) is 4.13. The van der Waals surface area contributed by atoms with Crippen LogP contribution in [-0.4, -0.2) is 13.1 Å². The summed E-state index contributed by atoms with van der Waals surface area (Å²) in [5.74, 6) is 0. The Morgan fingerprint density at radius 1 is 1.29 bits per heavy atom. The summed E-state index contributed by atoms with van der Waals surface area (Å²) in [5.41, 5.74) is 1.99. The first kappa shape index (κ1) is 9.05. The van der Waals surface area contributed by atoms with Crippen LogP contribution in [0.1, 0.15) is 12.8 Å². The fraction of sp³-hybridized carbons (Fsp3) is 0.455. The van der Waals surface area contributed by atoms with Crippen LogP contribution >= 0.6 is 27.5 Å². The molecule has 1 aromatic rings. The van der Waals surface area contributed by atoms with E-state index in [0.717, 1.165) is 9.50 Å². The summed E-state index contributed by atoms with van der Waals surface area (Å²) in [6.45, 7) is 2.46. The lowest BCUT2D eigenvalue weighted by Crippen LogP contribution is -2.48. The maximum atomic E-state index is 5.90. The maximum Gasteiger partial charge on any atom is 0.0512 e. The smallest absolute Gasteiger partial charge is 0.0512 e. The van der Waals surface area contributed by atoms with Gasteiger partial charge in [-0.2, -0.15) is 0 Å². The van der Waals surface area contributed by atoms with Crippen LogP contribution in [0, 0.1) is 5.41 Å². The van der Waals surface area contributed by atoms with Gasteiger partial charge in [-0.1, -0.05) is 11.6 Å². The SMILES string of the molecule is Clc1ccc(N2CC3(CC3)C2)c(Br)c1. The lowest BCUT2D eigenvalue weighted by atomic mass is 9.96. The highest BCUT2D eigenvalue weighted by atomic mass is 79.9. The molecule has 0 radical (unpaired) electrons. The van der Waals surface area contributed by atoms with Gasteiger partial charge in [-0.3, -0.25) is 0 Å².